The monoisotopic (exact) mass is 653 g/mol. The number of aryl methyl sites for hydroxylation is 1. The highest BCUT2D eigenvalue weighted by atomic mass is 32.2. The molecule has 1 aromatic heterocycles. The van der Waals surface area contributed by atoms with Crippen LogP contribution in [0.5, 0.6) is 0 Å². The Kier molecular flexibility index (Phi) is 8.56. The van der Waals surface area contributed by atoms with Crippen LogP contribution >= 0.6 is 0 Å². The van der Waals surface area contributed by atoms with Crippen LogP contribution in [0, 0.1) is 12.3 Å². The molecule has 3 heterocycles. The van der Waals surface area contributed by atoms with E-state index in [9.17, 15) is 31.5 Å². The summed E-state index contributed by atoms with van der Waals surface area (Å²) in [5.74, 6) is -0.381. The van der Waals surface area contributed by atoms with Crippen LogP contribution in [0.3, 0.4) is 0 Å². The fraction of sp³-hybridized carbons (Fsp3) is 0.645. The van der Waals surface area contributed by atoms with Crippen LogP contribution < -0.4 is 10.2 Å². The summed E-state index contributed by atoms with van der Waals surface area (Å²) in [6, 6.07) is 4.62. The number of piperidine rings is 2. The molecule has 3 aliphatic rings. The lowest BCUT2D eigenvalue weighted by Gasteiger charge is -2.51. The quantitative estimate of drug-likeness (QED) is 0.409. The van der Waals surface area contributed by atoms with E-state index in [2.05, 4.69) is 15.3 Å². The first-order valence-electron chi connectivity index (χ1n) is 15.3. The summed E-state index contributed by atoms with van der Waals surface area (Å²) in [6.45, 7) is 10.1. The lowest BCUT2D eigenvalue weighted by molar-refractivity contribution is -0.137. The number of nitrogens with one attached hydrogen (secondary N) is 1. The van der Waals surface area contributed by atoms with Crippen molar-refractivity contribution in [3.63, 3.8) is 0 Å². The van der Waals surface area contributed by atoms with Gasteiger partial charge in [-0.2, -0.15) is 18.2 Å². The number of alkyl halides is 3. The number of rotatable bonds is 5. The van der Waals surface area contributed by atoms with Gasteiger partial charge in [-0.1, -0.05) is 0 Å². The zero-order valence-electron chi connectivity index (χ0n) is 26.4. The van der Waals surface area contributed by atoms with Crippen LogP contribution in [0.2, 0.25) is 0 Å². The van der Waals surface area contributed by atoms with E-state index in [1.54, 1.807) is 30.9 Å². The molecule has 2 aromatic rings. The molecule has 5 rings (SSSR count). The Bertz CT molecular complexity index is 1540. The van der Waals surface area contributed by atoms with Crippen LogP contribution in [-0.4, -0.2) is 77.1 Å². The zero-order chi connectivity index (χ0) is 33.0. The number of amides is 1. The molecule has 248 valence electrons. The lowest BCUT2D eigenvalue weighted by atomic mass is 9.63. The fourth-order valence-electron chi connectivity index (χ4n) is 6.57. The van der Waals surface area contributed by atoms with E-state index >= 15 is 0 Å². The Balaban J connectivity index is 1.26. The number of carbonyl (C=O) groups is 1. The molecule has 45 heavy (non-hydrogen) atoms. The van der Waals surface area contributed by atoms with Gasteiger partial charge in [0.1, 0.15) is 17.0 Å². The molecule has 14 heteroatoms. The Morgan fingerprint density at radius 3 is 2.36 bits per heavy atom. The molecule has 2 saturated heterocycles. The largest absolute Gasteiger partial charge is 0.444 e. The first-order valence-corrected chi connectivity index (χ1v) is 16.8. The highest BCUT2D eigenvalue weighted by Crippen LogP contribution is 2.53. The number of sulfone groups is 1. The molecule has 1 spiro atoms. The molecule has 10 nitrogen and oxygen atoms in total. The van der Waals surface area contributed by atoms with E-state index in [0.717, 1.165) is 19.0 Å². The number of hydrogen-bond donors (Lipinski definition) is 2. The second-order valence-electron chi connectivity index (χ2n) is 14.1. The number of aliphatic hydroxyl groups is 1. The number of β-amino-alcohol motifs (C(OH)–C–C–N with tert-alkyl or cyclic N) is 1. The average Bonchev–Trinajstić information content (AvgIpc) is 2.90. The molecular formula is C31H42F3N5O5S. The van der Waals surface area contributed by atoms with Crippen LogP contribution in [0.1, 0.15) is 77.3 Å². The van der Waals surface area contributed by atoms with E-state index in [1.807, 2.05) is 20.8 Å². The molecule has 1 saturated carbocycles. The number of anilines is 3. The third kappa shape index (κ3) is 7.32. The van der Waals surface area contributed by atoms with E-state index in [-0.39, 0.29) is 34.7 Å². The van der Waals surface area contributed by atoms with E-state index in [4.69, 9.17) is 4.74 Å². The molecule has 3 fully saturated rings. The van der Waals surface area contributed by atoms with Gasteiger partial charge in [-0.05, 0) is 102 Å². The molecule has 1 amide bonds. The predicted molar refractivity (Wildman–Crippen MR) is 163 cm³/mol. The maximum Gasteiger partial charge on any atom is 0.421 e. The topological polar surface area (TPSA) is 125 Å². The second-order valence-corrected chi connectivity index (χ2v) is 16.3. The third-order valence-electron chi connectivity index (χ3n) is 9.06. The summed E-state index contributed by atoms with van der Waals surface area (Å²) < 4.78 is 74.0. The summed E-state index contributed by atoms with van der Waals surface area (Å²) >= 11 is 0. The van der Waals surface area contributed by atoms with Gasteiger partial charge in [0, 0.05) is 38.1 Å². The molecule has 1 atom stereocenters. The molecule has 2 N–H and O–H groups in total. The Morgan fingerprint density at radius 2 is 1.78 bits per heavy atom. The van der Waals surface area contributed by atoms with Gasteiger partial charge in [-0.15, -0.1) is 0 Å². The van der Waals surface area contributed by atoms with Crippen molar-refractivity contribution in [3.05, 3.63) is 35.5 Å². The Hall–Kier alpha value is -3.13. The average molecular weight is 654 g/mol. The van der Waals surface area contributed by atoms with Gasteiger partial charge >= 0.3 is 12.3 Å². The van der Waals surface area contributed by atoms with Crippen LogP contribution in [0.25, 0.3) is 0 Å². The number of nitrogens with zero attached hydrogens (tertiary/aromatic N) is 4. The van der Waals surface area contributed by atoms with Crippen molar-refractivity contribution in [2.24, 2.45) is 5.41 Å². The molecule has 0 radical (unpaired) electrons. The molecule has 1 aliphatic carbocycles. The minimum atomic E-state index is -4.68. The summed E-state index contributed by atoms with van der Waals surface area (Å²) in [5.41, 5.74) is -1.78. The van der Waals surface area contributed by atoms with Crippen molar-refractivity contribution in [2.75, 3.05) is 36.4 Å². The minimum Gasteiger partial charge on any atom is -0.444 e. The van der Waals surface area contributed by atoms with E-state index in [1.165, 1.54) is 11.0 Å². The zero-order valence-corrected chi connectivity index (χ0v) is 27.2. The number of aromatic nitrogens is 2. The smallest absolute Gasteiger partial charge is 0.421 e. The Morgan fingerprint density at radius 1 is 1.11 bits per heavy atom. The maximum atomic E-state index is 13.8. The van der Waals surface area contributed by atoms with Gasteiger partial charge in [0.05, 0.1) is 15.7 Å². The van der Waals surface area contributed by atoms with E-state index in [0.29, 0.717) is 56.6 Å². The number of benzene rings is 1. The summed E-state index contributed by atoms with van der Waals surface area (Å²) in [5, 5.41) is 12.9. The molecular weight excluding hydrogens is 611 g/mol. The second kappa shape index (κ2) is 11.6. The van der Waals surface area contributed by atoms with Crippen molar-refractivity contribution in [1.29, 1.82) is 0 Å². The third-order valence-corrected chi connectivity index (χ3v) is 11.2. The number of ether oxygens (including phenoxy) is 1. The number of hydrogen-bond acceptors (Lipinski definition) is 9. The lowest BCUT2D eigenvalue weighted by Crippen LogP contribution is -2.53. The maximum absolute atomic E-state index is 13.8. The normalized spacial score (nSPS) is 22.7. The number of carbonyl (C=O) groups excluding carboxylic acids is 1. The van der Waals surface area contributed by atoms with E-state index < -0.39 is 38.0 Å². The summed E-state index contributed by atoms with van der Waals surface area (Å²) in [7, 11) is -3.62. The number of halogens is 3. The minimum absolute atomic E-state index is 0.00255. The van der Waals surface area contributed by atoms with Gasteiger partial charge in [0.2, 0.25) is 5.95 Å². The standard InChI is InChI=1S/C31H42F3N5O5S/c1-20-15-21(45(42,43)22-16-30(17-22)10-13-38(14-11-30)27(40)44-28(2,3)4)7-8-24(20)36-26-35-18-23(31(32,33)34)25(37-26)39-12-6-9-29(5,41)19-39/h7-8,15,18,22,41H,6,9-14,16-17,19H2,1-5H3,(H,35,36,37)/t29-/m0/s1. The van der Waals surface area contributed by atoms with Crippen molar-refractivity contribution in [3.8, 4) is 0 Å². The fourth-order valence-corrected chi connectivity index (χ4v) is 8.69. The molecule has 0 unspecified atom stereocenters. The van der Waals surface area contributed by atoms with Gasteiger partial charge in [0.25, 0.3) is 0 Å². The summed E-state index contributed by atoms with van der Waals surface area (Å²) in [6.07, 6.45) is -0.797. The van der Waals surface area contributed by atoms with Crippen molar-refractivity contribution in [2.45, 2.75) is 101 Å². The predicted octanol–water partition coefficient (Wildman–Crippen LogP) is 5.85. The van der Waals surface area contributed by atoms with Crippen LogP contribution in [0.15, 0.2) is 29.3 Å². The van der Waals surface area contributed by atoms with Crippen molar-refractivity contribution in [1.82, 2.24) is 14.9 Å². The highest BCUT2D eigenvalue weighted by molar-refractivity contribution is 7.92. The van der Waals surface area contributed by atoms with Crippen molar-refractivity contribution < 1.29 is 36.2 Å². The van der Waals surface area contributed by atoms with Gasteiger partial charge < -0.3 is 25.0 Å². The van der Waals surface area contributed by atoms with Gasteiger partial charge in [-0.25, -0.2) is 18.2 Å². The van der Waals surface area contributed by atoms with Crippen LogP contribution in [0.4, 0.5) is 35.4 Å². The SMILES string of the molecule is Cc1cc(S(=O)(=O)C2CC3(CCN(C(=O)OC(C)(C)C)CC3)C2)ccc1Nc1ncc(C(F)(F)F)c(N2CCC[C@](C)(O)C2)n1. The molecule has 0 bridgehead atoms. The Labute approximate surface area is 262 Å². The number of likely N-dealkylation sites (tertiary alicyclic amines) is 1. The summed E-state index contributed by atoms with van der Waals surface area (Å²) in [4.78, 5) is 23.8. The highest BCUT2D eigenvalue weighted by Gasteiger charge is 2.51. The van der Waals surface area contributed by atoms with Crippen molar-refractivity contribution >= 4 is 33.4 Å². The molecule has 1 aromatic carbocycles. The first-order chi connectivity index (χ1) is 20.8. The van der Waals surface area contributed by atoms with Gasteiger partial charge in [-0.3, -0.25) is 0 Å². The first kappa shape index (κ1) is 33.2. The molecule has 2 aliphatic heterocycles. The van der Waals surface area contributed by atoms with Gasteiger partial charge in [0.15, 0.2) is 9.84 Å². The van der Waals surface area contributed by atoms with Crippen LogP contribution in [-0.2, 0) is 20.8 Å².